The van der Waals surface area contributed by atoms with Gasteiger partial charge in [0.1, 0.15) is 0 Å². The van der Waals surface area contributed by atoms with Crippen LogP contribution in [-0.4, -0.2) is 26.8 Å². The van der Waals surface area contributed by atoms with Crippen LogP contribution in [0.1, 0.15) is 20.3 Å². The van der Waals surface area contributed by atoms with Crippen molar-refractivity contribution in [3.63, 3.8) is 0 Å². The van der Waals surface area contributed by atoms with Gasteiger partial charge in [0.15, 0.2) is 0 Å². The van der Waals surface area contributed by atoms with E-state index in [2.05, 4.69) is 10.0 Å². The maximum Gasteiger partial charge on any atom is 0.236 e. The molecule has 0 saturated carbocycles. The maximum absolute atomic E-state index is 12.1. The van der Waals surface area contributed by atoms with Crippen molar-refractivity contribution >= 4 is 38.9 Å². The normalized spacial score (nSPS) is 13.3. The summed E-state index contributed by atoms with van der Waals surface area (Å²) in [7, 11) is -3.52. The van der Waals surface area contributed by atoms with E-state index in [0.717, 1.165) is 13.0 Å². The zero-order valence-electron chi connectivity index (χ0n) is 10.9. The minimum Gasteiger partial charge on any atom is -0.315 e. The molecule has 0 amide bonds. The Morgan fingerprint density at radius 3 is 2.37 bits per heavy atom. The predicted molar refractivity (Wildman–Crippen MR) is 81.6 cm³/mol. The van der Waals surface area contributed by atoms with Crippen LogP contribution in [0.5, 0.6) is 0 Å². The highest BCUT2D eigenvalue weighted by molar-refractivity contribution is 7.93. The van der Waals surface area contributed by atoms with E-state index >= 15 is 0 Å². The maximum atomic E-state index is 12.1. The highest BCUT2D eigenvalue weighted by Gasteiger charge is 2.22. The number of nitrogens with one attached hydrogen (secondary N) is 2. The molecule has 0 heterocycles. The van der Waals surface area contributed by atoms with Crippen LogP contribution in [0.25, 0.3) is 0 Å². The summed E-state index contributed by atoms with van der Waals surface area (Å²) in [5.74, 6) is 0. The van der Waals surface area contributed by atoms with Crippen LogP contribution < -0.4 is 10.0 Å². The van der Waals surface area contributed by atoms with Crippen molar-refractivity contribution in [2.75, 3.05) is 17.8 Å². The van der Waals surface area contributed by atoms with Gasteiger partial charge in [-0.2, -0.15) is 0 Å². The first-order valence-electron chi connectivity index (χ1n) is 6.04. The fourth-order valence-corrected chi connectivity index (χ4v) is 3.08. The third-order valence-corrected chi connectivity index (χ3v) is 4.94. The van der Waals surface area contributed by atoms with Gasteiger partial charge in [0.2, 0.25) is 10.0 Å². The largest absolute Gasteiger partial charge is 0.315 e. The SMILES string of the molecule is CCCNCC(C)S(=O)(=O)Nc1c(Cl)cccc1Cl. The van der Waals surface area contributed by atoms with Crippen molar-refractivity contribution in [1.29, 1.82) is 0 Å². The standard InChI is InChI=1S/C12H18Cl2N2O2S/c1-3-7-15-8-9(2)19(17,18)16-12-10(13)5-4-6-11(12)14/h4-6,9,15-16H,3,7-8H2,1-2H3. The van der Waals surface area contributed by atoms with Crippen LogP contribution in [0.2, 0.25) is 10.0 Å². The molecule has 1 unspecified atom stereocenters. The minimum absolute atomic E-state index is 0.230. The number of hydrogen-bond acceptors (Lipinski definition) is 3. The summed E-state index contributed by atoms with van der Waals surface area (Å²) in [6.07, 6.45) is 0.955. The topological polar surface area (TPSA) is 58.2 Å². The quantitative estimate of drug-likeness (QED) is 0.757. The molecule has 0 aliphatic rings. The molecule has 19 heavy (non-hydrogen) atoms. The Balaban J connectivity index is 2.79. The molecule has 0 spiro atoms. The van der Waals surface area contributed by atoms with Gasteiger partial charge in [-0.1, -0.05) is 36.2 Å². The molecule has 1 aromatic carbocycles. The number of para-hydroxylation sites is 1. The lowest BCUT2D eigenvalue weighted by atomic mass is 10.3. The van der Waals surface area contributed by atoms with E-state index in [4.69, 9.17) is 23.2 Å². The van der Waals surface area contributed by atoms with Gasteiger partial charge in [-0.15, -0.1) is 0 Å². The van der Waals surface area contributed by atoms with Gasteiger partial charge < -0.3 is 5.32 Å². The molecule has 0 aliphatic carbocycles. The number of hydrogen-bond donors (Lipinski definition) is 2. The van der Waals surface area contributed by atoms with Crippen molar-refractivity contribution < 1.29 is 8.42 Å². The molecule has 0 bridgehead atoms. The number of halogens is 2. The van der Waals surface area contributed by atoms with E-state index in [1.807, 2.05) is 6.92 Å². The van der Waals surface area contributed by atoms with Crippen LogP contribution in [0.15, 0.2) is 18.2 Å². The molecule has 0 aromatic heterocycles. The first-order valence-corrected chi connectivity index (χ1v) is 8.35. The highest BCUT2D eigenvalue weighted by Crippen LogP contribution is 2.31. The molecule has 1 atom stereocenters. The third-order valence-electron chi connectivity index (χ3n) is 2.60. The number of anilines is 1. The first-order chi connectivity index (χ1) is 8.88. The van der Waals surface area contributed by atoms with E-state index in [-0.39, 0.29) is 15.7 Å². The summed E-state index contributed by atoms with van der Waals surface area (Å²) in [6, 6.07) is 4.84. The summed E-state index contributed by atoms with van der Waals surface area (Å²) >= 11 is 11.9. The Hall–Kier alpha value is -0.490. The van der Waals surface area contributed by atoms with E-state index in [1.165, 1.54) is 0 Å². The second-order valence-electron chi connectivity index (χ2n) is 4.26. The summed E-state index contributed by atoms with van der Waals surface area (Å²) in [5.41, 5.74) is 0.230. The van der Waals surface area contributed by atoms with Crippen molar-refractivity contribution in [1.82, 2.24) is 5.32 Å². The first kappa shape index (κ1) is 16.6. The second kappa shape index (κ2) is 7.33. The molecule has 7 heteroatoms. The van der Waals surface area contributed by atoms with Gasteiger partial charge in [0.05, 0.1) is 21.0 Å². The Morgan fingerprint density at radius 1 is 1.26 bits per heavy atom. The van der Waals surface area contributed by atoms with Crippen LogP contribution >= 0.6 is 23.2 Å². The summed E-state index contributed by atoms with van der Waals surface area (Å²) < 4.78 is 26.7. The van der Waals surface area contributed by atoms with Crippen LogP contribution in [-0.2, 0) is 10.0 Å². The molecular weight excluding hydrogens is 307 g/mol. The Bertz CT molecular complexity index is 500. The van der Waals surface area contributed by atoms with Crippen molar-refractivity contribution in [2.24, 2.45) is 0 Å². The lowest BCUT2D eigenvalue weighted by Gasteiger charge is -2.16. The summed E-state index contributed by atoms with van der Waals surface area (Å²) in [4.78, 5) is 0. The molecule has 0 saturated heterocycles. The Morgan fingerprint density at radius 2 is 1.84 bits per heavy atom. The molecule has 0 aliphatic heterocycles. The average Bonchev–Trinajstić information content (AvgIpc) is 2.34. The Labute approximate surface area is 124 Å². The summed E-state index contributed by atoms with van der Waals surface area (Å²) in [6.45, 7) is 4.82. The average molecular weight is 325 g/mol. The second-order valence-corrected chi connectivity index (χ2v) is 7.17. The molecule has 108 valence electrons. The van der Waals surface area contributed by atoms with Gasteiger partial charge >= 0.3 is 0 Å². The van der Waals surface area contributed by atoms with E-state index < -0.39 is 15.3 Å². The third kappa shape index (κ3) is 4.84. The molecule has 0 radical (unpaired) electrons. The molecule has 1 rings (SSSR count). The smallest absolute Gasteiger partial charge is 0.236 e. The van der Waals surface area contributed by atoms with Gasteiger partial charge in [0.25, 0.3) is 0 Å². The molecular formula is C12H18Cl2N2O2S. The molecule has 1 aromatic rings. The fourth-order valence-electron chi connectivity index (χ4n) is 1.43. The predicted octanol–water partition coefficient (Wildman–Crippen LogP) is 3.12. The van der Waals surface area contributed by atoms with Crippen molar-refractivity contribution in [3.8, 4) is 0 Å². The highest BCUT2D eigenvalue weighted by atomic mass is 35.5. The molecule has 4 nitrogen and oxygen atoms in total. The van der Waals surface area contributed by atoms with Gasteiger partial charge in [-0.05, 0) is 32.0 Å². The molecule has 0 fully saturated rings. The number of benzene rings is 1. The Kier molecular flexibility index (Phi) is 6.39. The fraction of sp³-hybridized carbons (Fsp3) is 0.500. The van der Waals surface area contributed by atoms with Crippen molar-refractivity contribution in [3.05, 3.63) is 28.2 Å². The zero-order chi connectivity index (χ0) is 14.5. The van der Waals surface area contributed by atoms with Crippen LogP contribution in [0, 0.1) is 0 Å². The van der Waals surface area contributed by atoms with E-state index in [1.54, 1.807) is 25.1 Å². The van der Waals surface area contributed by atoms with Crippen LogP contribution in [0.3, 0.4) is 0 Å². The summed E-state index contributed by atoms with van der Waals surface area (Å²) in [5, 5.41) is 3.06. The van der Waals surface area contributed by atoms with Gasteiger partial charge in [0, 0.05) is 6.54 Å². The number of sulfonamides is 1. The lowest BCUT2D eigenvalue weighted by molar-refractivity contribution is 0.576. The van der Waals surface area contributed by atoms with Gasteiger partial charge in [-0.3, -0.25) is 4.72 Å². The zero-order valence-corrected chi connectivity index (χ0v) is 13.2. The van der Waals surface area contributed by atoms with Crippen LogP contribution in [0.4, 0.5) is 5.69 Å². The monoisotopic (exact) mass is 324 g/mol. The number of rotatable bonds is 7. The molecule has 2 N–H and O–H groups in total. The minimum atomic E-state index is -3.52. The van der Waals surface area contributed by atoms with E-state index in [9.17, 15) is 8.42 Å². The lowest BCUT2D eigenvalue weighted by Crippen LogP contribution is -2.35. The van der Waals surface area contributed by atoms with E-state index in [0.29, 0.717) is 6.54 Å². The van der Waals surface area contributed by atoms with Gasteiger partial charge in [-0.25, -0.2) is 8.42 Å². The van der Waals surface area contributed by atoms with Crippen molar-refractivity contribution in [2.45, 2.75) is 25.5 Å².